The predicted octanol–water partition coefficient (Wildman–Crippen LogP) is -0.307. The van der Waals surface area contributed by atoms with E-state index in [1.54, 1.807) is 0 Å². The molecule has 0 aliphatic carbocycles. The zero-order valence-corrected chi connectivity index (χ0v) is 10.7. The molecule has 0 spiro atoms. The number of carbonyl (C=O) groups excluding carboxylic acids is 1. The Balaban J connectivity index is 2.63. The van der Waals surface area contributed by atoms with Gasteiger partial charge in [-0.15, -0.1) is 0 Å². The number of carboxylic acid groups (broad SMARTS) is 1. The summed E-state index contributed by atoms with van der Waals surface area (Å²) >= 11 is 0. The molecule has 1 aliphatic rings. The zero-order valence-electron chi connectivity index (χ0n) is 9.85. The van der Waals surface area contributed by atoms with E-state index in [1.807, 2.05) is 0 Å². The molecule has 10 heteroatoms. The second-order valence-electron chi connectivity index (χ2n) is 3.90. The standard InChI is InChI=1S/C10H9N3O6S/c11-5-2-1-3-7(9(5)20(17,18)19)13-8(14)4-6(12-13)10(15)16/h1-3H,4,11H2,(H,15,16)(H,17,18,19). The number of benzene rings is 1. The molecule has 0 radical (unpaired) electrons. The number of carboxylic acids is 1. The molecule has 0 atom stereocenters. The molecule has 1 aliphatic heterocycles. The van der Waals surface area contributed by atoms with Crippen LogP contribution in [0, 0.1) is 0 Å². The van der Waals surface area contributed by atoms with Crippen LogP contribution in [0.15, 0.2) is 28.2 Å². The molecule has 106 valence electrons. The highest BCUT2D eigenvalue weighted by Gasteiger charge is 2.33. The van der Waals surface area contributed by atoms with E-state index in [0.29, 0.717) is 5.01 Å². The number of anilines is 2. The van der Waals surface area contributed by atoms with E-state index in [9.17, 15) is 18.0 Å². The van der Waals surface area contributed by atoms with Crippen molar-refractivity contribution in [2.45, 2.75) is 11.3 Å². The summed E-state index contributed by atoms with van der Waals surface area (Å²) in [5.74, 6) is -2.13. The van der Waals surface area contributed by atoms with Gasteiger partial charge in [-0.1, -0.05) is 6.07 Å². The van der Waals surface area contributed by atoms with E-state index in [0.717, 1.165) is 0 Å². The molecular formula is C10H9N3O6S. The van der Waals surface area contributed by atoms with Gasteiger partial charge in [0.15, 0.2) is 5.71 Å². The van der Waals surface area contributed by atoms with Crippen molar-refractivity contribution in [1.82, 2.24) is 0 Å². The van der Waals surface area contributed by atoms with Gasteiger partial charge in [0, 0.05) is 0 Å². The minimum absolute atomic E-state index is 0.281. The number of nitrogen functional groups attached to an aromatic ring is 1. The fourth-order valence-corrected chi connectivity index (χ4v) is 2.51. The van der Waals surface area contributed by atoms with Crippen molar-refractivity contribution in [1.29, 1.82) is 0 Å². The first-order valence-electron chi connectivity index (χ1n) is 5.21. The molecule has 0 bridgehead atoms. The highest BCUT2D eigenvalue weighted by molar-refractivity contribution is 7.86. The lowest BCUT2D eigenvalue weighted by Crippen LogP contribution is -2.22. The van der Waals surface area contributed by atoms with Gasteiger partial charge in [0.25, 0.3) is 16.0 Å². The number of hydrogen-bond acceptors (Lipinski definition) is 6. The number of rotatable bonds is 3. The molecule has 1 amide bonds. The van der Waals surface area contributed by atoms with E-state index >= 15 is 0 Å². The Labute approximate surface area is 113 Å². The van der Waals surface area contributed by atoms with Gasteiger partial charge in [0.1, 0.15) is 4.90 Å². The Morgan fingerprint density at radius 2 is 2.05 bits per heavy atom. The topological polar surface area (TPSA) is 150 Å². The number of carbonyl (C=O) groups is 2. The number of hydrazone groups is 1. The summed E-state index contributed by atoms with van der Waals surface area (Å²) in [5, 5.41) is 12.9. The Kier molecular flexibility index (Phi) is 3.19. The average Bonchev–Trinajstić information content (AvgIpc) is 2.69. The van der Waals surface area contributed by atoms with Crippen molar-refractivity contribution in [2.75, 3.05) is 10.7 Å². The van der Waals surface area contributed by atoms with Gasteiger partial charge in [-0.25, -0.2) is 4.79 Å². The van der Waals surface area contributed by atoms with Crippen LogP contribution in [0.1, 0.15) is 6.42 Å². The number of nitrogens with two attached hydrogens (primary N) is 1. The van der Waals surface area contributed by atoms with Gasteiger partial charge < -0.3 is 10.8 Å². The van der Waals surface area contributed by atoms with E-state index in [4.69, 9.17) is 15.4 Å². The van der Waals surface area contributed by atoms with Gasteiger partial charge >= 0.3 is 5.97 Å². The fraction of sp³-hybridized carbons (Fsp3) is 0.100. The highest BCUT2D eigenvalue weighted by Crippen LogP contribution is 2.32. The first-order chi connectivity index (χ1) is 9.21. The van der Waals surface area contributed by atoms with E-state index < -0.39 is 39.0 Å². The van der Waals surface area contributed by atoms with Crippen molar-refractivity contribution in [3.63, 3.8) is 0 Å². The molecule has 0 fully saturated rings. The molecule has 2 rings (SSSR count). The largest absolute Gasteiger partial charge is 0.477 e. The minimum atomic E-state index is -4.70. The van der Waals surface area contributed by atoms with Crippen LogP contribution in [-0.4, -0.2) is 35.7 Å². The maximum Gasteiger partial charge on any atom is 0.352 e. The smallest absolute Gasteiger partial charge is 0.352 e. The van der Waals surface area contributed by atoms with Gasteiger partial charge in [0.05, 0.1) is 17.8 Å². The van der Waals surface area contributed by atoms with Crippen molar-refractivity contribution in [2.24, 2.45) is 5.10 Å². The van der Waals surface area contributed by atoms with E-state index in [2.05, 4.69) is 5.10 Å². The van der Waals surface area contributed by atoms with Crippen LogP contribution < -0.4 is 10.7 Å². The lowest BCUT2D eigenvalue weighted by atomic mass is 10.2. The van der Waals surface area contributed by atoms with Crippen LogP contribution in [0.4, 0.5) is 11.4 Å². The van der Waals surface area contributed by atoms with Crippen LogP contribution in [0.3, 0.4) is 0 Å². The third-order valence-corrected chi connectivity index (χ3v) is 3.49. The van der Waals surface area contributed by atoms with Gasteiger partial charge in [-0.3, -0.25) is 9.35 Å². The van der Waals surface area contributed by atoms with Gasteiger partial charge in [-0.2, -0.15) is 18.5 Å². The second kappa shape index (κ2) is 4.58. The van der Waals surface area contributed by atoms with E-state index in [1.165, 1.54) is 18.2 Å². The first kappa shape index (κ1) is 14.0. The Hall–Kier alpha value is -2.46. The molecule has 4 N–H and O–H groups in total. The number of hydrogen-bond donors (Lipinski definition) is 3. The van der Waals surface area contributed by atoms with Crippen LogP contribution in [0.25, 0.3) is 0 Å². The molecule has 1 aromatic carbocycles. The summed E-state index contributed by atoms with van der Waals surface area (Å²) in [7, 11) is -4.70. The first-order valence-corrected chi connectivity index (χ1v) is 6.65. The molecule has 20 heavy (non-hydrogen) atoms. The maximum atomic E-state index is 11.7. The Morgan fingerprint density at radius 3 is 2.55 bits per heavy atom. The Bertz CT molecular complexity index is 739. The summed E-state index contributed by atoms with van der Waals surface area (Å²) in [6.45, 7) is 0. The molecule has 0 unspecified atom stereocenters. The highest BCUT2D eigenvalue weighted by atomic mass is 32.2. The molecule has 0 saturated carbocycles. The van der Waals surface area contributed by atoms with E-state index in [-0.39, 0.29) is 11.4 Å². The summed E-state index contributed by atoms with van der Waals surface area (Å²) in [6, 6.07) is 3.75. The summed E-state index contributed by atoms with van der Waals surface area (Å²) in [5.41, 5.74) is 4.46. The third kappa shape index (κ3) is 2.33. The van der Waals surface area contributed by atoms with Crippen molar-refractivity contribution < 1.29 is 27.7 Å². The molecule has 1 heterocycles. The number of amides is 1. The minimum Gasteiger partial charge on any atom is -0.477 e. The SMILES string of the molecule is Nc1cccc(N2N=C(C(=O)O)CC2=O)c1S(=O)(=O)O. The Morgan fingerprint density at radius 1 is 1.40 bits per heavy atom. The average molecular weight is 299 g/mol. The molecule has 9 nitrogen and oxygen atoms in total. The second-order valence-corrected chi connectivity index (χ2v) is 5.26. The molecule has 1 aromatic rings. The quantitative estimate of drug-likeness (QED) is 0.511. The normalized spacial score (nSPS) is 15.3. The van der Waals surface area contributed by atoms with Crippen LogP contribution in [0.2, 0.25) is 0 Å². The summed E-state index contributed by atoms with van der Waals surface area (Å²) in [4.78, 5) is 21.8. The van der Waals surface area contributed by atoms with Crippen LogP contribution >= 0.6 is 0 Å². The van der Waals surface area contributed by atoms with Crippen molar-refractivity contribution >= 4 is 39.1 Å². The van der Waals surface area contributed by atoms with Crippen LogP contribution in [-0.2, 0) is 19.7 Å². The van der Waals surface area contributed by atoms with Gasteiger partial charge in [0.2, 0.25) is 0 Å². The summed E-state index contributed by atoms with van der Waals surface area (Å²) in [6.07, 6.45) is -0.477. The lowest BCUT2D eigenvalue weighted by molar-refractivity contribution is -0.129. The lowest BCUT2D eigenvalue weighted by Gasteiger charge is -2.15. The molecule has 0 saturated heterocycles. The monoisotopic (exact) mass is 299 g/mol. The van der Waals surface area contributed by atoms with Crippen LogP contribution in [0.5, 0.6) is 0 Å². The van der Waals surface area contributed by atoms with Crippen molar-refractivity contribution in [3.8, 4) is 0 Å². The maximum absolute atomic E-state index is 11.7. The van der Waals surface area contributed by atoms with Gasteiger partial charge in [-0.05, 0) is 12.1 Å². The third-order valence-electron chi connectivity index (χ3n) is 2.53. The molecular weight excluding hydrogens is 290 g/mol. The number of aliphatic carboxylic acids is 1. The zero-order chi connectivity index (χ0) is 15.1. The van der Waals surface area contributed by atoms with Crippen molar-refractivity contribution in [3.05, 3.63) is 18.2 Å². The fourth-order valence-electron chi connectivity index (χ4n) is 1.73. The summed E-state index contributed by atoms with van der Waals surface area (Å²) < 4.78 is 31.8. The predicted molar refractivity (Wildman–Crippen MR) is 67.8 cm³/mol. The number of nitrogens with zero attached hydrogens (tertiary/aromatic N) is 2. The molecule has 0 aromatic heterocycles.